The Hall–Kier alpha value is -2.28. The molecule has 3 N–H and O–H groups in total. The second kappa shape index (κ2) is 5.84. The minimum atomic E-state index is -1.24. The molecule has 1 unspecified atom stereocenters. The fourth-order valence-corrected chi connectivity index (χ4v) is 1.93. The molecule has 1 aromatic rings. The van der Waals surface area contributed by atoms with Gasteiger partial charge in [-0.15, -0.1) is 0 Å². The zero-order chi connectivity index (χ0) is 16.4. The topological polar surface area (TPSA) is 99.9 Å². The molecule has 0 saturated carbocycles. The zero-order valence-electron chi connectivity index (χ0n) is 12.8. The molecule has 1 heterocycles. The van der Waals surface area contributed by atoms with Crippen molar-refractivity contribution in [3.63, 3.8) is 0 Å². The van der Waals surface area contributed by atoms with Gasteiger partial charge in [0, 0.05) is 5.56 Å². The maximum absolute atomic E-state index is 11.9. The summed E-state index contributed by atoms with van der Waals surface area (Å²) in [6.07, 6.45) is 0.0421. The van der Waals surface area contributed by atoms with Crippen LogP contribution in [-0.4, -0.2) is 36.9 Å². The van der Waals surface area contributed by atoms with Gasteiger partial charge in [0.1, 0.15) is 18.5 Å². The van der Waals surface area contributed by atoms with E-state index in [2.05, 4.69) is 5.32 Å². The van der Waals surface area contributed by atoms with E-state index in [1.54, 1.807) is 32.9 Å². The van der Waals surface area contributed by atoms with Crippen LogP contribution >= 0.6 is 0 Å². The number of nitrogens with one attached hydrogen (secondary N) is 1. The molecule has 1 atom stereocenters. The molecule has 0 saturated heterocycles. The number of alkyl carbamates (subject to hydrolysis) is 1. The lowest BCUT2D eigenvalue weighted by molar-refractivity contribution is -0.0367. The number of carbonyl (C=O) groups is 2. The number of rotatable bonds is 3. The van der Waals surface area contributed by atoms with Gasteiger partial charge in [0.05, 0.1) is 6.54 Å². The quantitative estimate of drug-likeness (QED) is 0.820. The average Bonchev–Trinajstić information content (AvgIpc) is 2.44. The van der Waals surface area contributed by atoms with Crippen molar-refractivity contribution >= 4 is 12.4 Å². The van der Waals surface area contributed by atoms with Crippen LogP contribution in [-0.2, 0) is 4.74 Å². The number of hydrogen-bond acceptors (Lipinski definition) is 6. The van der Waals surface area contributed by atoms with Crippen molar-refractivity contribution in [3.05, 3.63) is 23.8 Å². The Morgan fingerprint density at radius 1 is 1.45 bits per heavy atom. The molecular weight excluding hydrogens is 288 g/mol. The first kappa shape index (κ1) is 16.1. The second-order valence-electron chi connectivity index (χ2n) is 6.04. The summed E-state index contributed by atoms with van der Waals surface area (Å²) in [7, 11) is 0. The van der Waals surface area contributed by atoms with Crippen molar-refractivity contribution in [3.8, 4) is 11.5 Å². The summed E-state index contributed by atoms with van der Waals surface area (Å²) in [6.45, 7) is 5.29. The van der Waals surface area contributed by atoms with E-state index in [-0.39, 0.29) is 13.2 Å². The molecule has 0 bridgehead atoms. The van der Waals surface area contributed by atoms with Crippen molar-refractivity contribution in [2.45, 2.75) is 32.1 Å². The molecule has 0 spiro atoms. The van der Waals surface area contributed by atoms with Crippen LogP contribution in [0.4, 0.5) is 4.79 Å². The minimum absolute atomic E-state index is 0.0169. The fraction of sp³-hybridized carbons (Fsp3) is 0.467. The summed E-state index contributed by atoms with van der Waals surface area (Å²) in [4.78, 5) is 22.8. The number of hydrogen-bond donors (Lipinski definition) is 2. The summed E-state index contributed by atoms with van der Waals surface area (Å²) < 4.78 is 16.5. The van der Waals surface area contributed by atoms with E-state index < -0.39 is 17.4 Å². The summed E-state index contributed by atoms with van der Waals surface area (Å²) in [5.74, 6) is 0.832. The molecule has 120 valence electrons. The summed E-state index contributed by atoms with van der Waals surface area (Å²) in [5.41, 5.74) is 4.29. The van der Waals surface area contributed by atoms with Crippen molar-refractivity contribution in [1.29, 1.82) is 0 Å². The third-order valence-electron chi connectivity index (χ3n) is 2.93. The van der Waals surface area contributed by atoms with E-state index in [9.17, 15) is 9.59 Å². The van der Waals surface area contributed by atoms with Gasteiger partial charge in [0.25, 0.3) is 0 Å². The van der Waals surface area contributed by atoms with Gasteiger partial charge >= 0.3 is 6.09 Å². The number of nitrogens with two attached hydrogens (primary N) is 1. The van der Waals surface area contributed by atoms with Crippen LogP contribution in [0.25, 0.3) is 0 Å². The van der Waals surface area contributed by atoms with Crippen molar-refractivity contribution < 1.29 is 23.8 Å². The smallest absolute Gasteiger partial charge is 0.410 e. The Morgan fingerprint density at radius 2 is 2.18 bits per heavy atom. The van der Waals surface area contributed by atoms with Crippen LogP contribution in [0, 0.1) is 0 Å². The SMILES string of the molecule is CC(C)(C)OC(=O)NC1(CN)COc2ccc(C=O)cc2O1. The number of carbonyl (C=O) groups excluding carboxylic acids is 2. The summed E-state index contributed by atoms with van der Waals surface area (Å²) in [5, 5.41) is 2.60. The highest BCUT2D eigenvalue weighted by atomic mass is 16.6. The maximum atomic E-state index is 11.9. The molecule has 1 aliphatic rings. The lowest BCUT2D eigenvalue weighted by Crippen LogP contribution is -2.63. The Balaban J connectivity index is 2.18. The number of amides is 1. The summed E-state index contributed by atoms with van der Waals surface area (Å²) in [6, 6.07) is 4.78. The maximum Gasteiger partial charge on any atom is 0.410 e. The third-order valence-corrected chi connectivity index (χ3v) is 2.93. The number of aldehydes is 1. The Kier molecular flexibility index (Phi) is 4.27. The van der Waals surface area contributed by atoms with Gasteiger partial charge in [0.2, 0.25) is 5.72 Å². The first-order valence-electron chi connectivity index (χ1n) is 6.89. The molecule has 1 aliphatic heterocycles. The van der Waals surface area contributed by atoms with Crippen LogP contribution in [0.15, 0.2) is 18.2 Å². The standard InChI is InChI=1S/C15H20N2O5/c1-14(2,3)22-13(19)17-15(8-16)9-20-11-5-4-10(7-18)6-12(11)21-15/h4-7H,8-9,16H2,1-3H3,(H,17,19). The Morgan fingerprint density at radius 3 is 2.77 bits per heavy atom. The van der Waals surface area contributed by atoms with Crippen molar-refractivity contribution in [2.24, 2.45) is 5.73 Å². The first-order valence-corrected chi connectivity index (χ1v) is 6.89. The summed E-state index contributed by atoms with van der Waals surface area (Å²) >= 11 is 0. The normalized spacial score (nSPS) is 20.2. The molecule has 0 aliphatic carbocycles. The van der Waals surface area contributed by atoms with E-state index in [4.69, 9.17) is 19.9 Å². The lowest BCUT2D eigenvalue weighted by atomic mass is 10.1. The van der Waals surface area contributed by atoms with Gasteiger partial charge in [-0.25, -0.2) is 4.79 Å². The van der Waals surface area contributed by atoms with Gasteiger partial charge in [-0.3, -0.25) is 10.1 Å². The Labute approximate surface area is 128 Å². The van der Waals surface area contributed by atoms with Gasteiger partial charge < -0.3 is 19.9 Å². The molecule has 0 aromatic heterocycles. The average molecular weight is 308 g/mol. The van der Waals surface area contributed by atoms with Crippen molar-refractivity contribution in [2.75, 3.05) is 13.2 Å². The molecule has 1 amide bonds. The number of benzene rings is 1. The number of fused-ring (bicyclic) bond motifs is 1. The van der Waals surface area contributed by atoms with E-state index in [1.165, 1.54) is 6.07 Å². The third kappa shape index (κ3) is 3.67. The van der Waals surface area contributed by atoms with Gasteiger partial charge in [-0.2, -0.15) is 0 Å². The van der Waals surface area contributed by atoms with Crippen LogP contribution in [0.3, 0.4) is 0 Å². The molecule has 1 aromatic carbocycles. The second-order valence-corrected chi connectivity index (χ2v) is 6.04. The Bertz CT molecular complexity index is 582. The van der Waals surface area contributed by atoms with Crippen LogP contribution in [0.1, 0.15) is 31.1 Å². The molecule has 0 fully saturated rings. The minimum Gasteiger partial charge on any atom is -0.483 e. The molecule has 2 rings (SSSR count). The van der Waals surface area contributed by atoms with E-state index in [0.717, 1.165) is 0 Å². The molecule has 22 heavy (non-hydrogen) atoms. The largest absolute Gasteiger partial charge is 0.483 e. The van der Waals surface area contributed by atoms with Crippen LogP contribution < -0.4 is 20.5 Å². The lowest BCUT2D eigenvalue weighted by Gasteiger charge is -2.38. The zero-order valence-corrected chi connectivity index (χ0v) is 12.8. The molecule has 7 nitrogen and oxygen atoms in total. The predicted molar refractivity (Wildman–Crippen MR) is 79.1 cm³/mol. The van der Waals surface area contributed by atoms with Gasteiger partial charge in [-0.1, -0.05) is 0 Å². The monoisotopic (exact) mass is 308 g/mol. The van der Waals surface area contributed by atoms with E-state index in [0.29, 0.717) is 23.3 Å². The highest BCUT2D eigenvalue weighted by Crippen LogP contribution is 2.34. The van der Waals surface area contributed by atoms with Crippen LogP contribution in [0.2, 0.25) is 0 Å². The predicted octanol–water partition coefficient (Wildman–Crippen LogP) is 1.45. The molecule has 7 heteroatoms. The molecule has 0 radical (unpaired) electrons. The van der Waals surface area contributed by atoms with Crippen LogP contribution in [0.5, 0.6) is 11.5 Å². The van der Waals surface area contributed by atoms with E-state index in [1.807, 2.05) is 0 Å². The first-order chi connectivity index (χ1) is 10.3. The number of ether oxygens (including phenoxy) is 3. The van der Waals surface area contributed by atoms with Gasteiger partial charge in [-0.05, 0) is 39.0 Å². The fourth-order valence-electron chi connectivity index (χ4n) is 1.93. The highest BCUT2D eigenvalue weighted by molar-refractivity contribution is 5.76. The highest BCUT2D eigenvalue weighted by Gasteiger charge is 2.39. The van der Waals surface area contributed by atoms with Gasteiger partial charge in [0.15, 0.2) is 11.5 Å². The molecular formula is C15H20N2O5. The van der Waals surface area contributed by atoms with E-state index >= 15 is 0 Å². The van der Waals surface area contributed by atoms with Crippen molar-refractivity contribution in [1.82, 2.24) is 5.32 Å².